The summed E-state index contributed by atoms with van der Waals surface area (Å²) in [5.74, 6) is 0.0530. The largest absolute Gasteiger partial charge is 0.273 e. The molecule has 0 fully saturated rings. The minimum atomic E-state index is -0.683. The molecule has 2 aliphatic rings. The van der Waals surface area contributed by atoms with Crippen molar-refractivity contribution >= 4 is 34.8 Å². The summed E-state index contributed by atoms with van der Waals surface area (Å²) in [6.45, 7) is 12.9. The van der Waals surface area contributed by atoms with E-state index < -0.39 is 16.6 Å². The number of pyridine rings is 2. The number of anilines is 4. The van der Waals surface area contributed by atoms with Crippen LogP contribution in [0.15, 0.2) is 91.9 Å². The fourth-order valence-corrected chi connectivity index (χ4v) is 6.55. The third-order valence-electron chi connectivity index (χ3n) is 9.69. The molecule has 2 amide bonds. The van der Waals surface area contributed by atoms with Crippen molar-refractivity contribution in [3.8, 4) is 22.3 Å². The highest BCUT2D eigenvalue weighted by molar-refractivity contribution is 6.13. The lowest BCUT2D eigenvalue weighted by atomic mass is 9.85. The predicted molar refractivity (Wildman–Crippen MR) is 198 cm³/mol. The molecule has 266 valence electrons. The third-order valence-corrected chi connectivity index (χ3v) is 9.69. The van der Waals surface area contributed by atoms with E-state index in [4.69, 9.17) is 0 Å². The first kappa shape index (κ1) is 35.1. The molecule has 0 saturated heterocycles. The van der Waals surface area contributed by atoms with E-state index in [1.807, 2.05) is 77.9 Å². The molecule has 0 unspecified atom stereocenters. The lowest BCUT2D eigenvalue weighted by Gasteiger charge is -2.19. The van der Waals surface area contributed by atoms with Gasteiger partial charge >= 0.3 is 0 Å². The van der Waals surface area contributed by atoms with Gasteiger partial charge in [-0.2, -0.15) is 0 Å². The van der Waals surface area contributed by atoms with Gasteiger partial charge in [-0.1, -0.05) is 24.3 Å². The number of amides is 2. The fourth-order valence-electron chi connectivity index (χ4n) is 6.55. The quantitative estimate of drug-likeness (QED) is 0.180. The number of halogens is 2. The fraction of sp³-hybridized carbons (Fsp3) is 0.220. The first-order valence-corrected chi connectivity index (χ1v) is 17.0. The summed E-state index contributed by atoms with van der Waals surface area (Å²) in [5, 5.41) is 0. The number of nitrogens with zero attached hydrogens (tertiary/aromatic N) is 8. The summed E-state index contributed by atoms with van der Waals surface area (Å²) in [6, 6.07) is 14.2. The number of aryl methyl sites for hydroxylation is 3. The molecule has 10 nitrogen and oxygen atoms in total. The SMILES string of the molecule is Cc1cnc(N2C(=O)C(C)(C)c3ccc(-c4cnc(C)c(F)c4)cc32)cn1.Cc1cnc(N2C(=O)C(C)(C)c3ccc(-c4cncc(F)c4)cc32)cn1. The van der Waals surface area contributed by atoms with Crippen LogP contribution < -0.4 is 9.80 Å². The van der Waals surface area contributed by atoms with Crippen molar-refractivity contribution in [2.45, 2.75) is 59.3 Å². The van der Waals surface area contributed by atoms with E-state index in [1.54, 1.807) is 53.9 Å². The normalized spacial score (nSPS) is 15.2. The Morgan fingerprint density at radius 1 is 0.528 bits per heavy atom. The van der Waals surface area contributed by atoms with Gasteiger partial charge in [0.2, 0.25) is 11.8 Å². The van der Waals surface area contributed by atoms with Gasteiger partial charge in [0, 0.05) is 23.5 Å². The van der Waals surface area contributed by atoms with Crippen molar-refractivity contribution in [3.63, 3.8) is 0 Å². The van der Waals surface area contributed by atoms with Crippen LogP contribution in [0.2, 0.25) is 0 Å². The van der Waals surface area contributed by atoms with Crippen LogP contribution in [-0.4, -0.2) is 41.7 Å². The molecule has 0 aliphatic carbocycles. The number of aromatic nitrogens is 6. The second-order valence-corrected chi connectivity index (χ2v) is 14.2. The number of benzene rings is 2. The molecule has 2 aliphatic heterocycles. The molecule has 2 aromatic carbocycles. The van der Waals surface area contributed by atoms with Gasteiger partial charge < -0.3 is 0 Å². The van der Waals surface area contributed by atoms with Crippen LogP contribution in [0.1, 0.15) is 55.9 Å². The maximum absolute atomic E-state index is 14.0. The number of rotatable bonds is 4. The minimum absolute atomic E-state index is 0.0685. The lowest BCUT2D eigenvalue weighted by molar-refractivity contribution is -0.122. The zero-order valence-electron chi connectivity index (χ0n) is 30.3. The summed E-state index contributed by atoms with van der Waals surface area (Å²) in [4.78, 5) is 54.6. The molecule has 6 aromatic rings. The number of hydrogen-bond acceptors (Lipinski definition) is 8. The zero-order chi connectivity index (χ0) is 37.8. The van der Waals surface area contributed by atoms with Gasteiger partial charge in [0.25, 0.3) is 0 Å². The van der Waals surface area contributed by atoms with Crippen LogP contribution in [0.5, 0.6) is 0 Å². The van der Waals surface area contributed by atoms with E-state index in [-0.39, 0.29) is 17.6 Å². The molecule has 4 aromatic heterocycles. The third kappa shape index (κ3) is 6.19. The molecule has 53 heavy (non-hydrogen) atoms. The molecule has 6 heterocycles. The molecular weight excluding hydrogens is 675 g/mol. The highest BCUT2D eigenvalue weighted by Gasteiger charge is 2.46. The molecule has 0 bridgehead atoms. The van der Waals surface area contributed by atoms with E-state index in [2.05, 4.69) is 29.9 Å². The summed E-state index contributed by atoms with van der Waals surface area (Å²) in [6.07, 6.45) is 10.9. The number of carbonyl (C=O) groups excluding carboxylic acids is 2. The number of fused-ring (bicyclic) bond motifs is 2. The molecular formula is C41H36F2N8O2. The van der Waals surface area contributed by atoms with Crippen LogP contribution >= 0.6 is 0 Å². The maximum atomic E-state index is 14.0. The summed E-state index contributed by atoms with van der Waals surface area (Å²) >= 11 is 0. The maximum Gasteiger partial charge on any atom is 0.242 e. The van der Waals surface area contributed by atoms with Crippen molar-refractivity contribution in [2.24, 2.45) is 0 Å². The Labute approximate surface area is 305 Å². The Hall–Kier alpha value is -6.30. The second kappa shape index (κ2) is 13.0. The van der Waals surface area contributed by atoms with Crippen LogP contribution in [0, 0.1) is 32.4 Å². The van der Waals surface area contributed by atoms with Crippen LogP contribution in [0.4, 0.5) is 31.8 Å². The van der Waals surface area contributed by atoms with Gasteiger partial charge in [0.15, 0.2) is 11.6 Å². The van der Waals surface area contributed by atoms with Crippen molar-refractivity contribution in [1.82, 2.24) is 29.9 Å². The van der Waals surface area contributed by atoms with Gasteiger partial charge in [-0.25, -0.2) is 18.7 Å². The van der Waals surface area contributed by atoms with Crippen LogP contribution in [-0.2, 0) is 20.4 Å². The van der Waals surface area contributed by atoms with Gasteiger partial charge in [0.05, 0.1) is 70.3 Å². The Balaban J connectivity index is 0.000000164. The molecule has 12 heteroatoms. The highest BCUT2D eigenvalue weighted by atomic mass is 19.1. The van der Waals surface area contributed by atoms with Crippen molar-refractivity contribution in [2.75, 3.05) is 9.80 Å². The van der Waals surface area contributed by atoms with Crippen LogP contribution in [0.3, 0.4) is 0 Å². The summed E-state index contributed by atoms with van der Waals surface area (Å²) in [7, 11) is 0. The lowest BCUT2D eigenvalue weighted by Crippen LogP contribution is -2.33. The first-order chi connectivity index (χ1) is 25.2. The minimum Gasteiger partial charge on any atom is -0.273 e. The van der Waals surface area contributed by atoms with E-state index in [0.717, 1.165) is 51.2 Å². The summed E-state index contributed by atoms with van der Waals surface area (Å²) < 4.78 is 27.5. The first-order valence-electron chi connectivity index (χ1n) is 17.0. The van der Waals surface area contributed by atoms with Gasteiger partial charge in [0.1, 0.15) is 11.6 Å². The smallest absolute Gasteiger partial charge is 0.242 e. The molecule has 8 rings (SSSR count). The molecule has 0 saturated carbocycles. The average Bonchev–Trinajstić information content (AvgIpc) is 3.46. The molecule has 0 radical (unpaired) electrons. The standard InChI is InChI=1S/C21H19FN4O.C20H17FN4O/c1-12-9-25-19(11-23-12)26-18-8-14(15-7-17(22)13(2)24-10-15)5-6-16(18)21(3,4)20(26)27;1-12-8-24-18(11-23-12)25-17-7-13(14-6-15(21)10-22-9-14)4-5-16(17)20(2,3)19(25)26/h5-11H,1-4H3;4-11H,1-3H3. The highest BCUT2D eigenvalue weighted by Crippen LogP contribution is 2.47. The summed E-state index contributed by atoms with van der Waals surface area (Å²) in [5.41, 5.74) is 6.71. The second-order valence-electron chi connectivity index (χ2n) is 14.2. The molecule has 0 N–H and O–H groups in total. The number of carbonyl (C=O) groups is 2. The predicted octanol–water partition coefficient (Wildman–Crippen LogP) is 8.19. The van der Waals surface area contributed by atoms with E-state index in [0.29, 0.717) is 28.5 Å². The Bertz CT molecular complexity index is 2410. The number of hydrogen-bond donors (Lipinski definition) is 0. The Morgan fingerprint density at radius 2 is 1.02 bits per heavy atom. The van der Waals surface area contributed by atoms with Crippen molar-refractivity contribution in [1.29, 1.82) is 0 Å². The zero-order valence-corrected chi connectivity index (χ0v) is 30.3. The van der Waals surface area contributed by atoms with Gasteiger partial charge in [-0.15, -0.1) is 0 Å². The topological polar surface area (TPSA) is 118 Å². The van der Waals surface area contributed by atoms with Gasteiger partial charge in [-0.05, 0) is 95.0 Å². The monoisotopic (exact) mass is 710 g/mol. The van der Waals surface area contributed by atoms with E-state index in [1.165, 1.54) is 12.1 Å². The van der Waals surface area contributed by atoms with Crippen LogP contribution in [0.25, 0.3) is 22.3 Å². The van der Waals surface area contributed by atoms with E-state index in [9.17, 15) is 18.4 Å². The Kier molecular flexibility index (Phi) is 8.64. The molecule has 0 spiro atoms. The van der Waals surface area contributed by atoms with Crippen molar-refractivity contribution < 1.29 is 18.4 Å². The molecule has 0 atom stereocenters. The van der Waals surface area contributed by atoms with Crippen molar-refractivity contribution in [3.05, 3.63) is 132 Å². The Morgan fingerprint density at radius 3 is 1.45 bits per heavy atom. The average molecular weight is 711 g/mol. The van der Waals surface area contributed by atoms with E-state index >= 15 is 0 Å². The van der Waals surface area contributed by atoms with Gasteiger partial charge in [-0.3, -0.25) is 39.3 Å².